The molecule has 0 spiro atoms. The number of carbonyl (C=O) groups is 1. The van der Waals surface area contributed by atoms with Crippen LogP contribution in [0.5, 0.6) is 0 Å². The molecule has 0 atom stereocenters. The molecule has 4 heteroatoms. The van der Waals surface area contributed by atoms with Crippen molar-refractivity contribution in [3.63, 3.8) is 0 Å². The number of hydrogen-bond acceptors (Lipinski definition) is 1. The smallest absolute Gasteiger partial charge is 0.270 e. The highest BCUT2D eigenvalue weighted by atomic mass is 35.5. The van der Waals surface area contributed by atoms with Crippen LogP contribution in [0.2, 0.25) is 5.02 Å². The van der Waals surface area contributed by atoms with Crippen molar-refractivity contribution in [1.29, 1.82) is 0 Å². The Morgan fingerprint density at radius 1 is 1.41 bits per heavy atom. The Morgan fingerprint density at radius 3 is 2.94 bits per heavy atom. The predicted molar refractivity (Wildman–Crippen MR) is 68.7 cm³/mol. The molecule has 1 aliphatic rings. The normalized spacial score (nSPS) is 15.5. The summed E-state index contributed by atoms with van der Waals surface area (Å²) in [7, 11) is 1.83. The number of carbonyl (C=O) groups excluding carboxylic acids is 1. The summed E-state index contributed by atoms with van der Waals surface area (Å²) in [6.45, 7) is 2.75. The fourth-order valence-corrected chi connectivity index (χ4v) is 2.61. The maximum absolute atomic E-state index is 12.0. The fraction of sp³-hybridized carbons (Fsp3) is 0.308. The predicted octanol–water partition coefficient (Wildman–Crippen LogP) is 2.76. The molecule has 1 aliphatic heterocycles. The van der Waals surface area contributed by atoms with E-state index >= 15 is 0 Å². The van der Waals surface area contributed by atoms with Gasteiger partial charge >= 0.3 is 0 Å². The fourth-order valence-electron chi connectivity index (χ4n) is 2.45. The van der Waals surface area contributed by atoms with Crippen molar-refractivity contribution in [2.45, 2.75) is 13.3 Å². The average Bonchev–Trinajstić information content (AvgIpc) is 2.69. The van der Waals surface area contributed by atoms with Gasteiger partial charge in [0.25, 0.3) is 5.91 Å². The van der Waals surface area contributed by atoms with Gasteiger partial charge in [-0.05, 0) is 30.5 Å². The Morgan fingerprint density at radius 2 is 2.18 bits per heavy atom. The van der Waals surface area contributed by atoms with Gasteiger partial charge in [-0.25, -0.2) is 0 Å². The van der Waals surface area contributed by atoms with Crippen LogP contribution in [0.4, 0.5) is 0 Å². The minimum atomic E-state index is 0.0676. The van der Waals surface area contributed by atoms with E-state index in [-0.39, 0.29) is 5.91 Å². The molecule has 1 amide bonds. The molecule has 17 heavy (non-hydrogen) atoms. The molecule has 88 valence electrons. The molecular formula is C13H13ClN2O. The highest BCUT2D eigenvalue weighted by Crippen LogP contribution is 2.31. The Hall–Kier alpha value is -1.48. The van der Waals surface area contributed by atoms with Gasteiger partial charge in [0.2, 0.25) is 0 Å². The Bertz CT molecular complexity index is 630. The second-order valence-corrected chi connectivity index (χ2v) is 4.96. The summed E-state index contributed by atoms with van der Waals surface area (Å²) in [5.41, 5.74) is 3.85. The van der Waals surface area contributed by atoms with Gasteiger partial charge in [0.1, 0.15) is 5.69 Å². The highest BCUT2D eigenvalue weighted by molar-refractivity contribution is 6.32. The lowest BCUT2D eigenvalue weighted by Gasteiger charge is -2.22. The van der Waals surface area contributed by atoms with E-state index in [1.807, 2.05) is 26.1 Å². The SMILES string of the molecule is Cc1c(Cl)ccc2c3c([nH]c12)C(=O)N(C)CC3. The van der Waals surface area contributed by atoms with Crippen LogP contribution in [0.1, 0.15) is 21.6 Å². The van der Waals surface area contributed by atoms with Crippen LogP contribution in [0, 0.1) is 6.92 Å². The van der Waals surface area contributed by atoms with E-state index in [1.165, 1.54) is 0 Å². The summed E-state index contributed by atoms with van der Waals surface area (Å²) < 4.78 is 0. The maximum Gasteiger partial charge on any atom is 0.270 e. The van der Waals surface area contributed by atoms with Crippen LogP contribution >= 0.6 is 11.6 Å². The van der Waals surface area contributed by atoms with E-state index in [0.29, 0.717) is 0 Å². The van der Waals surface area contributed by atoms with Gasteiger partial charge in [0.05, 0.1) is 5.52 Å². The summed E-state index contributed by atoms with van der Waals surface area (Å²) in [4.78, 5) is 17.0. The van der Waals surface area contributed by atoms with Gasteiger partial charge in [-0.3, -0.25) is 4.79 Å². The van der Waals surface area contributed by atoms with Crippen molar-refractivity contribution in [1.82, 2.24) is 9.88 Å². The van der Waals surface area contributed by atoms with E-state index in [2.05, 4.69) is 4.98 Å². The van der Waals surface area contributed by atoms with E-state index in [0.717, 1.165) is 45.7 Å². The second-order valence-electron chi connectivity index (χ2n) is 4.55. The highest BCUT2D eigenvalue weighted by Gasteiger charge is 2.26. The molecule has 0 bridgehead atoms. The largest absolute Gasteiger partial charge is 0.350 e. The zero-order chi connectivity index (χ0) is 12.2. The first kappa shape index (κ1) is 10.7. The summed E-state index contributed by atoms with van der Waals surface area (Å²) in [6.07, 6.45) is 0.901. The molecule has 0 saturated heterocycles. The van der Waals surface area contributed by atoms with Crippen molar-refractivity contribution in [3.05, 3.63) is 34.0 Å². The summed E-state index contributed by atoms with van der Waals surface area (Å²) in [5, 5.41) is 1.86. The number of fused-ring (bicyclic) bond motifs is 3. The van der Waals surface area contributed by atoms with Crippen molar-refractivity contribution in [3.8, 4) is 0 Å². The third-order valence-electron chi connectivity index (χ3n) is 3.53. The first-order valence-electron chi connectivity index (χ1n) is 5.64. The van der Waals surface area contributed by atoms with Gasteiger partial charge in [-0.15, -0.1) is 0 Å². The lowest BCUT2D eigenvalue weighted by atomic mass is 10.0. The number of likely N-dealkylation sites (N-methyl/N-ethyl adjacent to an activating group) is 1. The lowest BCUT2D eigenvalue weighted by molar-refractivity contribution is 0.0776. The maximum atomic E-state index is 12.0. The Balaban J connectivity index is 2.35. The number of halogens is 1. The third-order valence-corrected chi connectivity index (χ3v) is 3.94. The Kier molecular flexibility index (Phi) is 2.20. The molecule has 0 fully saturated rings. The minimum Gasteiger partial charge on any atom is -0.350 e. The number of hydrogen-bond donors (Lipinski definition) is 1. The Labute approximate surface area is 104 Å². The number of H-pyrrole nitrogens is 1. The van der Waals surface area contributed by atoms with Crippen molar-refractivity contribution < 1.29 is 4.79 Å². The number of aryl methyl sites for hydroxylation is 1. The number of nitrogens with one attached hydrogen (secondary N) is 1. The van der Waals surface area contributed by atoms with Gasteiger partial charge in [0, 0.05) is 24.0 Å². The van der Waals surface area contributed by atoms with Gasteiger partial charge < -0.3 is 9.88 Å². The van der Waals surface area contributed by atoms with Crippen LogP contribution in [0.15, 0.2) is 12.1 Å². The van der Waals surface area contributed by atoms with Crippen molar-refractivity contribution in [2.24, 2.45) is 0 Å². The van der Waals surface area contributed by atoms with Crippen LogP contribution < -0.4 is 0 Å². The molecule has 0 radical (unpaired) electrons. The number of rotatable bonds is 0. The number of amides is 1. The number of nitrogens with zero attached hydrogens (tertiary/aromatic N) is 1. The molecule has 0 unspecified atom stereocenters. The summed E-state index contributed by atoms with van der Waals surface area (Å²) >= 11 is 6.10. The van der Waals surface area contributed by atoms with Crippen LogP contribution in [0.25, 0.3) is 10.9 Å². The van der Waals surface area contributed by atoms with Crippen LogP contribution in [-0.2, 0) is 6.42 Å². The second kappa shape index (κ2) is 3.50. The quantitative estimate of drug-likeness (QED) is 0.765. The third kappa shape index (κ3) is 1.39. The molecular weight excluding hydrogens is 236 g/mol. The van der Waals surface area contributed by atoms with Gasteiger partial charge in [-0.1, -0.05) is 17.7 Å². The van der Waals surface area contributed by atoms with E-state index in [4.69, 9.17) is 11.6 Å². The molecule has 2 aromatic rings. The zero-order valence-corrected chi connectivity index (χ0v) is 10.6. The summed E-state index contributed by atoms with van der Waals surface area (Å²) in [5.74, 6) is 0.0676. The van der Waals surface area contributed by atoms with Gasteiger partial charge in [0.15, 0.2) is 0 Å². The molecule has 0 aliphatic carbocycles. The number of aromatic nitrogens is 1. The van der Waals surface area contributed by atoms with Gasteiger partial charge in [-0.2, -0.15) is 0 Å². The number of aromatic amines is 1. The molecule has 3 rings (SSSR count). The molecule has 2 heterocycles. The van der Waals surface area contributed by atoms with E-state index < -0.39 is 0 Å². The molecule has 1 N–H and O–H groups in total. The lowest BCUT2D eigenvalue weighted by Crippen LogP contribution is -2.33. The molecule has 1 aromatic carbocycles. The zero-order valence-electron chi connectivity index (χ0n) is 9.80. The monoisotopic (exact) mass is 248 g/mol. The van der Waals surface area contributed by atoms with Crippen molar-refractivity contribution in [2.75, 3.05) is 13.6 Å². The molecule has 0 saturated carbocycles. The van der Waals surface area contributed by atoms with Crippen molar-refractivity contribution >= 4 is 28.4 Å². The van der Waals surface area contributed by atoms with Crippen LogP contribution in [0.3, 0.4) is 0 Å². The topological polar surface area (TPSA) is 36.1 Å². The first-order valence-corrected chi connectivity index (χ1v) is 6.02. The average molecular weight is 249 g/mol. The molecule has 1 aromatic heterocycles. The molecule has 3 nitrogen and oxygen atoms in total. The van der Waals surface area contributed by atoms with E-state index in [9.17, 15) is 4.79 Å². The summed E-state index contributed by atoms with van der Waals surface area (Å²) in [6, 6.07) is 3.90. The van der Waals surface area contributed by atoms with E-state index in [1.54, 1.807) is 4.90 Å². The number of benzene rings is 1. The van der Waals surface area contributed by atoms with Crippen LogP contribution in [-0.4, -0.2) is 29.4 Å². The standard InChI is InChI=1S/C13H13ClN2O/c1-7-10(14)4-3-8-9-5-6-16(2)13(17)12(9)15-11(7)8/h3-4,15H,5-6H2,1-2H3. The first-order chi connectivity index (χ1) is 8.09. The minimum absolute atomic E-state index is 0.0676.